The van der Waals surface area contributed by atoms with Gasteiger partial charge in [-0.2, -0.15) is 13.2 Å². The molecule has 4 aromatic rings. The Hall–Kier alpha value is -4.52. The normalized spacial score (nSPS) is 15.5. The number of alkyl halides is 3. The maximum atomic E-state index is 12.9. The number of allylic oxidation sites excluding steroid dienone is 3. The summed E-state index contributed by atoms with van der Waals surface area (Å²) in [5.74, 6) is -0.999. The lowest BCUT2D eigenvalue weighted by Crippen LogP contribution is -2.44. The Morgan fingerprint density at radius 1 is 0.765 bits per heavy atom. The second-order valence-electron chi connectivity index (χ2n) is 13.0. The zero-order chi connectivity index (χ0) is 37.2. The van der Waals surface area contributed by atoms with Crippen LogP contribution in [0.25, 0.3) is 11.1 Å². The third-order valence-corrected chi connectivity index (χ3v) is 12.2. The van der Waals surface area contributed by atoms with Gasteiger partial charge in [-0.1, -0.05) is 109 Å². The smallest absolute Gasteiger partial charge is 0.357 e. The van der Waals surface area contributed by atoms with Crippen molar-refractivity contribution in [3.8, 4) is 0 Å². The van der Waals surface area contributed by atoms with Crippen LogP contribution in [0, 0.1) is 6.92 Å². The largest absolute Gasteiger partial charge is 0.512 e. The number of hydrogen-bond donors (Lipinski definition) is 1. The molecule has 0 heterocycles. The number of aryl methyl sites for hydroxylation is 1. The molecule has 0 amide bonds. The van der Waals surface area contributed by atoms with Gasteiger partial charge in [-0.05, 0) is 89.4 Å². The Kier molecular flexibility index (Phi) is 10.8. The Balaban J connectivity index is 1.55. The van der Waals surface area contributed by atoms with Crippen LogP contribution in [0.3, 0.4) is 0 Å². The Morgan fingerprint density at radius 2 is 1.33 bits per heavy atom. The van der Waals surface area contributed by atoms with Crippen LogP contribution in [0.1, 0.15) is 67.5 Å². The first kappa shape index (κ1) is 37.7. The van der Waals surface area contributed by atoms with Crippen LogP contribution in [0.15, 0.2) is 114 Å². The number of hydrogen-bond acceptors (Lipinski definition) is 6. The highest BCUT2D eigenvalue weighted by Gasteiger charge is 2.48. The molecule has 0 unspecified atom stereocenters. The van der Waals surface area contributed by atoms with Crippen LogP contribution in [0.2, 0.25) is 0 Å². The summed E-state index contributed by atoms with van der Waals surface area (Å²) in [5.41, 5.74) is 4.20. The average molecular weight is 736 g/mol. The van der Waals surface area contributed by atoms with Crippen LogP contribution < -0.4 is 9.03 Å². The fourth-order valence-electron chi connectivity index (χ4n) is 5.76. The van der Waals surface area contributed by atoms with Crippen molar-refractivity contribution in [1.29, 1.82) is 0 Å². The monoisotopic (exact) mass is 735 g/mol. The van der Waals surface area contributed by atoms with E-state index in [1.54, 1.807) is 19.1 Å². The molecule has 1 aliphatic carbocycles. The first-order chi connectivity index (χ1) is 23.9. The minimum Gasteiger partial charge on any atom is -0.357 e. The minimum absolute atomic E-state index is 0.0663. The SMILES string of the molecule is CCN(CS(=O)(=O)NS(=O)(=O)C(F)(F)F)c1ccc(C(=C2C=CC(=Nc3ccc(C(C)(C)CC)cc3)c3ccccc32)c2ccc(C)cc2)cc1. The van der Waals surface area contributed by atoms with E-state index in [-0.39, 0.29) is 12.0 Å². The third kappa shape index (κ3) is 8.52. The summed E-state index contributed by atoms with van der Waals surface area (Å²) in [7, 11) is -11.0. The number of nitrogens with zero attached hydrogens (tertiary/aromatic N) is 2. The molecule has 268 valence electrons. The number of fused-ring (bicyclic) bond motifs is 1. The summed E-state index contributed by atoms with van der Waals surface area (Å²) in [6.07, 6.45) is 5.05. The van der Waals surface area contributed by atoms with Crippen molar-refractivity contribution in [2.45, 2.75) is 52.0 Å². The second kappa shape index (κ2) is 14.6. The van der Waals surface area contributed by atoms with E-state index in [4.69, 9.17) is 4.99 Å². The lowest BCUT2D eigenvalue weighted by molar-refractivity contribution is -0.0441. The first-order valence-electron chi connectivity index (χ1n) is 16.4. The molecular formula is C39H40F3N3O4S2. The molecule has 0 atom stereocenters. The molecule has 0 fully saturated rings. The highest BCUT2D eigenvalue weighted by atomic mass is 32.3. The molecule has 0 saturated heterocycles. The fraction of sp³-hybridized carbons (Fsp3) is 0.256. The summed E-state index contributed by atoms with van der Waals surface area (Å²) in [6, 6.07) is 31.4. The molecule has 0 aromatic heterocycles. The zero-order valence-corrected chi connectivity index (χ0v) is 30.6. The van der Waals surface area contributed by atoms with Gasteiger partial charge < -0.3 is 4.90 Å². The highest BCUT2D eigenvalue weighted by Crippen LogP contribution is 2.38. The Bertz CT molecular complexity index is 2210. The molecule has 0 spiro atoms. The molecule has 12 heteroatoms. The van der Waals surface area contributed by atoms with E-state index in [1.165, 1.54) is 10.5 Å². The molecule has 1 aliphatic rings. The van der Waals surface area contributed by atoms with Crippen LogP contribution in [0.4, 0.5) is 24.5 Å². The van der Waals surface area contributed by atoms with Gasteiger partial charge in [-0.3, -0.25) is 0 Å². The minimum atomic E-state index is -6.10. The lowest BCUT2D eigenvalue weighted by atomic mass is 9.82. The van der Waals surface area contributed by atoms with Crippen LogP contribution in [0.5, 0.6) is 0 Å². The van der Waals surface area contributed by atoms with Gasteiger partial charge in [0.25, 0.3) is 0 Å². The van der Waals surface area contributed by atoms with Gasteiger partial charge in [0, 0.05) is 17.8 Å². The Morgan fingerprint density at radius 3 is 1.88 bits per heavy atom. The van der Waals surface area contributed by atoms with Gasteiger partial charge in [-0.15, -0.1) is 0 Å². The molecule has 1 N–H and O–H groups in total. The van der Waals surface area contributed by atoms with Gasteiger partial charge in [0.05, 0.1) is 11.4 Å². The summed E-state index contributed by atoms with van der Waals surface area (Å²) >= 11 is 0. The highest BCUT2D eigenvalue weighted by molar-refractivity contribution is 8.05. The summed E-state index contributed by atoms with van der Waals surface area (Å²) in [6.45, 7) is 10.3. The van der Waals surface area contributed by atoms with E-state index in [0.29, 0.717) is 5.69 Å². The molecule has 0 aliphatic heterocycles. The number of rotatable bonds is 11. The fourth-order valence-corrected chi connectivity index (χ4v) is 8.43. The summed E-state index contributed by atoms with van der Waals surface area (Å²) in [5, 5.41) is 0. The van der Waals surface area contributed by atoms with Gasteiger partial charge in [0.15, 0.2) is 0 Å². The standard InChI is InChI=1S/C39H40F3N3O4S2/c1-6-38(4,5)30-18-20-31(21-19-30)43-36-25-24-35(33-10-8-9-11-34(33)36)37(28-14-12-27(3)13-15-28)29-16-22-32(23-17-29)45(7-2)26-50(46,47)44-51(48,49)39(40,41)42/h8-25,44H,6-7,26H2,1-5H3. The maximum absolute atomic E-state index is 12.9. The molecular weight excluding hydrogens is 696 g/mol. The molecule has 0 radical (unpaired) electrons. The molecule has 51 heavy (non-hydrogen) atoms. The molecule has 4 aromatic carbocycles. The van der Waals surface area contributed by atoms with Crippen molar-refractivity contribution < 1.29 is 30.0 Å². The number of halogens is 3. The van der Waals surface area contributed by atoms with Crippen molar-refractivity contribution in [1.82, 2.24) is 4.13 Å². The van der Waals surface area contributed by atoms with E-state index in [0.717, 1.165) is 60.9 Å². The number of anilines is 1. The van der Waals surface area contributed by atoms with Gasteiger partial charge in [0.1, 0.15) is 5.88 Å². The number of sulfonamides is 2. The molecule has 7 nitrogen and oxygen atoms in total. The van der Waals surface area contributed by atoms with Crippen molar-refractivity contribution in [3.63, 3.8) is 0 Å². The number of benzene rings is 4. The first-order valence-corrected chi connectivity index (χ1v) is 19.5. The van der Waals surface area contributed by atoms with Crippen molar-refractivity contribution in [2.75, 3.05) is 17.3 Å². The van der Waals surface area contributed by atoms with Crippen molar-refractivity contribution >= 4 is 48.3 Å². The summed E-state index contributed by atoms with van der Waals surface area (Å²) < 4.78 is 87.4. The maximum Gasteiger partial charge on any atom is 0.512 e. The predicted octanol–water partition coefficient (Wildman–Crippen LogP) is 8.89. The van der Waals surface area contributed by atoms with Crippen molar-refractivity contribution in [2.24, 2.45) is 4.99 Å². The topological polar surface area (TPSA) is 95.9 Å². The van der Waals surface area contributed by atoms with Crippen LogP contribution in [-0.4, -0.2) is 40.5 Å². The second-order valence-corrected chi connectivity index (χ2v) is 16.6. The number of nitrogens with one attached hydrogen (secondary N) is 1. The predicted molar refractivity (Wildman–Crippen MR) is 200 cm³/mol. The van der Waals surface area contributed by atoms with Gasteiger partial charge >= 0.3 is 15.5 Å². The van der Waals surface area contributed by atoms with Gasteiger partial charge in [0.2, 0.25) is 10.0 Å². The van der Waals surface area contributed by atoms with E-state index in [2.05, 4.69) is 32.9 Å². The lowest BCUT2D eigenvalue weighted by Gasteiger charge is -2.24. The van der Waals surface area contributed by atoms with Crippen LogP contribution >= 0.6 is 0 Å². The Labute approximate surface area is 298 Å². The van der Waals surface area contributed by atoms with Crippen molar-refractivity contribution in [3.05, 3.63) is 143 Å². The molecule has 5 rings (SSSR count). The van der Waals surface area contributed by atoms with E-state index in [9.17, 15) is 30.0 Å². The zero-order valence-electron chi connectivity index (χ0n) is 29.0. The molecule has 0 saturated carbocycles. The number of aliphatic imine (C=N–C) groups is 1. The quantitative estimate of drug-likeness (QED) is 0.166. The van der Waals surface area contributed by atoms with Gasteiger partial charge in [-0.25, -0.2) is 21.8 Å². The van der Waals surface area contributed by atoms with Crippen LogP contribution in [-0.2, 0) is 25.5 Å². The van der Waals surface area contributed by atoms with E-state index < -0.39 is 31.4 Å². The average Bonchev–Trinajstić information content (AvgIpc) is 3.08. The van der Waals surface area contributed by atoms with E-state index >= 15 is 0 Å². The van der Waals surface area contributed by atoms with E-state index in [1.807, 2.05) is 91.9 Å². The third-order valence-electron chi connectivity index (χ3n) is 9.06. The molecule has 0 bridgehead atoms. The summed E-state index contributed by atoms with van der Waals surface area (Å²) in [4.78, 5) is 6.28.